The molecule has 1 aromatic carbocycles. The first-order valence-electron chi connectivity index (χ1n) is 6.49. The average molecular weight is 331 g/mol. The van der Waals surface area contributed by atoms with E-state index in [1.165, 1.54) is 0 Å². The van der Waals surface area contributed by atoms with Gasteiger partial charge < -0.3 is 9.73 Å². The standard InChI is InChI=1S/C16H15BrN2O/c1-10-5-14(9-18-8-10)19-11(2)16-7-12-6-13(17)3-4-15(12)20-16/h3-9,11,19H,1-2H3. The molecule has 1 atom stereocenters. The Morgan fingerprint density at radius 1 is 1.20 bits per heavy atom. The molecular weight excluding hydrogens is 316 g/mol. The summed E-state index contributed by atoms with van der Waals surface area (Å²) >= 11 is 3.47. The number of benzene rings is 1. The van der Waals surface area contributed by atoms with Gasteiger partial charge in [0.1, 0.15) is 11.3 Å². The Balaban J connectivity index is 1.86. The Kier molecular flexibility index (Phi) is 3.49. The molecule has 0 saturated heterocycles. The minimum absolute atomic E-state index is 0.0878. The van der Waals surface area contributed by atoms with Crippen LogP contribution in [0.3, 0.4) is 0 Å². The van der Waals surface area contributed by atoms with Crippen LogP contribution >= 0.6 is 15.9 Å². The highest BCUT2D eigenvalue weighted by Crippen LogP contribution is 2.28. The second-order valence-corrected chi connectivity index (χ2v) is 5.86. The van der Waals surface area contributed by atoms with Crippen LogP contribution in [0.15, 0.2) is 51.6 Å². The Morgan fingerprint density at radius 2 is 2.05 bits per heavy atom. The molecule has 0 spiro atoms. The van der Waals surface area contributed by atoms with Gasteiger partial charge in [0.25, 0.3) is 0 Å². The van der Waals surface area contributed by atoms with E-state index in [0.29, 0.717) is 0 Å². The first kappa shape index (κ1) is 13.2. The van der Waals surface area contributed by atoms with Gasteiger partial charge in [0.15, 0.2) is 0 Å². The minimum atomic E-state index is 0.0878. The molecule has 0 aliphatic heterocycles. The van der Waals surface area contributed by atoms with E-state index < -0.39 is 0 Å². The van der Waals surface area contributed by atoms with Gasteiger partial charge in [-0.25, -0.2) is 0 Å². The van der Waals surface area contributed by atoms with E-state index in [-0.39, 0.29) is 6.04 Å². The van der Waals surface area contributed by atoms with Crippen LogP contribution in [0, 0.1) is 6.92 Å². The summed E-state index contributed by atoms with van der Waals surface area (Å²) in [6.45, 7) is 4.11. The zero-order valence-electron chi connectivity index (χ0n) is 11.4. The van der Waals surface area contributed by atoms with Crippen LogP contribution in [0.5, 0.6) is 0 Å². The third kappa shape index (κ3) is 2.70. The summed E-state index contributed by atoms with van der Waals surface area (Å²) in [5.41, 5.74) is 3.04. The molecule has 2 aromatic heterocycles. The summed E-state index contributed by atoms with van der Waals surface area (Å²) in [6.07, 6.45) is 3.66. The number of furan rings is 1. The molecule has 20 heavy (non-hydrogen) atoms. The fourth-order valence-electron chi connectivity index (χ4n) is 2.20. The number of rotatable bonds is 3. The molecule has 2 heterocycles. The van der Waals surface area contributed by atoms with E-state index in [2.05, 4.69) is 51.4 Å². The van der Waals surface area contributed by atoms with Crippen molar-refractivity contribution in [2.24, 2.45) is 0 Å². The SMILES string of the molecule is Cc1cncc(NC(C)c2cc3cc(Br)ccc3o2)c1. The summed E-state index contributed by atoms with van der Waals surface area (Å²) < 4.78 is 6.94. The Hall–Kier alpha value is -1.81. The number of pyridine rings is 1. The molecule has 3 rings (SSSR count). The number of nitrogens with zero attached hydrogens (tertiary/aromatic N) is 1. The fraction of sp³-hybridized carbons (Fsp3) is 0.188. The van der Waals surface area contributed by atoms with Crippen LogP contribution in [0.1, 0.15) is 24.3 Å². The molecule has 0 radical (unpaired) electrons. The van der Waals surface area contributed by atoms with Crippen LogP contribution < -0.4 is 5.32 Å². The van der Waals surface area contributed by atoms with Crippen LogP contribution in [-0.2, 0) is 0 Å². The maximum absolute atomic E-state index is 5.88. The molecule has 0 saturated carbocycles. The van der Waals surface area contributed by atoms with Crippen LogP contribution in [0.4, 0.5) is 5.69 Å². The van der Waals surface area contributed by atoms with Gasteiger partial charge in [-0.2, -0.15) is 0 Å². The molecule has 0 bridgehead atoms. The van der Waals surface area contributed by atoms with Crippen molar-refractivity contribution < 1.29 is 4.42 Å². The molecule has 4 heteroatoms. The monoisotopic (exact) mass is 330 g/mol. The third-order valence-electron chi connectivity index (χ3n) is 3.18. The molecule has 0 aliphatic carbocycles. The number of halogens is 1. The summed E-state index contributed by atoms with van der Waals surface area (Å²) in [7, 11) is 0. The van der Waals surface area contributed by atoms with Crippen molar-refractivity contribution in [1.29, 1.82) is 0 Å². The Labute approximate surface area is 126 Å². The van der Waals surface area contributed by atoms with Crippen molar-refractivity contribution in [3.05, 3.63) is 58.5 Å². The highest BCUT2D eigenvalue weighted by Gasteiger charge is 2.12. The number of hydrogen-bond donors (Lipinski definition) is 1. The van der Waals surface area contributed by atoms with Crippen molar-refractivity contribution in [2.45, 2.75) is 19.9 Å². The van der Waals surface area contributed by atoms with Crippen molar-refractivity contribution >= 4 is 32.6 Å². The zero-order valence-corrected chi connectivity index (χ0v) is 12.9. The van der Waals surface area contributed by atoms with Crippen LogP contribution in [-0.4, -0.2) is 4.98 Å². The number of hydrogen-bond acceptors (Lipinski definition) is 3. The van der Waals surface area contributed by atoms with Gasteiger partial charge in [-0.05, 0) is 49.7 Å². The van der Waals surface area contributed by atoms with Gasteiger partial charge in [-0.3, -0.25) is 4.98 Å². The predicted octanol–water partition coefficient (Wildman–Crippen LogP) is 5.07. The minimum Gasteiger partial charge on any atom is -0.459 e. The average Bonchev–Trinajstić information content (AvgIpc) is 2.81. The normalized spacial score (nSPS) is 12.6. The van der Waals surface area contributed by atoms with Crippen LogP contribution in [0.25, 0.3) is 11.0 Å². The van der Waals surface area contributed by atoms with E-state index in [1.54, 1.807) is 0 Å². The molecule has 0 amide bonds. The predicted molar refractivity (Wildman–Crippen MR) is 84.9 cm³/mol. The van der Waals surface area contributed by atoms with Gasteiger partial charge in [-0.15, -0.1) is 0 Å². The molecule has 3 aromatic rings. The third-order valence-corrected chi connectivity index (χ3v) is 3.68. The van der Waals surface area contributed by atoms with Gasteiger partial charge in [-0.1, -0.05) is 15.9 Å². The number of aryl methyl sites for hydroxylation is 1. The van der Waals surface area contributed by atoms with E-state index in [1.807, 2.05) is 31.5 Å². The van der Waals surface area contributed by atoms with Gasteiger partial charge in [0, 0.05) is 22.3 Å². The lowest BCUT2D eigenvalue weighted by atomic mass is 10.2. The molecule has 3 nitrogen and oxygen atoms in total. The molecule has 1 N–H and O–H groups in total. The highest BCUT2D eigenvalue weighted by atomic mass is 79.9. The maximum atomic E-state index is 5.88. The Bertz CT molecular complexity index is 751. The maximum Gasteiger partial charge on any atom is 0.134 e. The molecule has 1 unspecified atom stereocenters. The summed E-state index contributed by atoms with van der Waals surface area (Å²) in [6, 6.07) is 10.2. The lowest BCUT2D eigenvalue weighted by molar-refractivity contribution is 0.526. The second kappa shape index (κ2) is 5.29. The van der Waals surface area contributed by atoms with Crippen molar-refractivity contribution in [2.75, 3.05) is 5.32 Å². The number of fused-ring (bicyclic) bond motifs is 1. The quantitative estimate of drug-likeness (QED) is 0.728. The lowest BCUT2D eigenvalue weighted by Gasteiger charge is -2.12. The first-order chi connectivity index (χ1) is 9.61. The molecule has 0 fully saturated rings. The topological polar surface area (TPSA) is 38.1 Å². The second-order valence-electron chi connectivity index (χ2n) is 4.95. The van der Waals surface area contributed by atoms with Gasteiger partial charge in [0.2, 0.25) is 0 Å². The Morgan fingerprint density at radius 3 is 2.85 bits per heavy atom. The van der Waals surface area contributed by atoms with Crippen molar-refractivity contribution in [1.82, 2.24) is 4.98 Å². The largest absolute Gasteiger partial charge is 0.459 e. The fourth-order valence-corrected chi connectivity index (χ4v) is 2.58. The van der Waals surface area contributed by atoms with E-state index in [0.717, 1.165) is 32.5 Å². The molecular formula is C16H15BrN2O. The smallest absolute Gasteiger partial charge is 0.134 e. The van der Waals surface area contributed by atoms with E-state index in [4.69, 9.17) is 4.42 Å². The van der Waals surface area contributed by atoms with E-state index in [9.17, 15) is 0 Å². The lowest BCUT2D eigenvalue weighted by Crippen LogP contribution is -2.05. The summed E-state index contributed by atoms with van der Waals surface area (Å²) in [5.74, 6) is 0.916. The van der Waals surface area contributed by atoms with Crippen molar-refractivity contribution in [3.8, 4) is 0 Å². The number of anilines is 1. The molecule has 0 aliphatic rings. The summed E-state index contributed by atoms with van der Waals surface area (Å²) in [4.78, 5) is 4.19. The van der Waals surface area contributed by atoms with Gasteiger partial charge in [0.05, 0.1) is 11.7 Å². The van der Waals surface area contributed by atoms with Crippen molar-refractivity contribution in [3.63, 3.8) is 0 Å². The van der Waals surface area contributed by atoms with Gasteiger partial charge >= 0.3 is 0 Å². The number of nitrogens with one attached hydrogen (secondary N) is 1. The molecule has 102 valence electrons. The van der Waals surface area contributed by atoms with E-state index >= 15 is 0 Å². The first-order valence-corrected chi connectivity index (χ1v) is 7.28. The number of aromatic nitrogens is 1. The summed E-state index contributed by atoms with van der Waals surface area (Å²) in [5, 5.41) is 4.51. The van der Waals surface area contributed by atoms with Crippen LogP contribution in [0.2, 0.25) is 0 Å². The zero-order chi connectivity index (χ0) is 14.1. The highest BCUT2D eigenvalue weighted by molar-refractivity contribution is 9.10.